The lowest BCUT2D eigenvalue weighted by Crippen LogP contribution is -2.33. The van der Waals surface area contributed by atoms with Crippen molar-refractivity contribution in [3.63, 3.8) is 0 Å². The molecule has 1 N–H and O–H groups in total. The highest BCUT2D eigenvalue weighted by Crippen LogP contribution is 2.53. The van der Waals surface area contributed by atoms with Gasteiger partial charge in [-0.05, 0) is 46.4 Å². The molecule has 3 aliphatic rings. The van der Waals surface area contributed by atoms with Gasteiger partial charge in [-0.3, -0.25) is 4.79 Å². The molecule has 0 aromatic heterocycles. The van der Waals surface area contributed by atoms with Gasteiger partial charge in [0, 0.05) is 39.4 Å². The summed E-state index contributed by atoms with van der Waals surface area (Å²) in [4.78, 5) is 13.6. The zero-order chi connectivity index (χ0) is 22.0. The van der Waals surface area contributed by atoms with E-state index in [0.29, 0.717) is 18.1 Å². The molecular formula is C27H24ClNO3. The lowest BCUT2D eigenvalue weighted by atomic mass is 9.67. The third kappa shape index (κ3) is 3.05. The molecule has 6 rings (SSSR count). The second kappa shape index (κ2) is 7.09. The van der Waals surface area contributed by atoms with Crippen LogP contribution in [0.1, 0.15) is 49.4 Å². The van der Waals surface area contributed by atoms with Gasteiger partial charge >= 0.3 is 0 Å². The topological polar surface area (TPSA) is 47.6 Å². The molecule has 0 spiro atoms. The van der Waals surface area contributed by atoms with Gasteiger partial charge in [-0.25, -0.2) is 0 Å². The van der Waals surface area contributed by atoms with Crippen LogP contribution in [-0.4, -0.2) is 12.6 Å². The Kier molecular flexibility index (Phi) is 4.40. The van der Waals surface area contributed by atoms with E-state index in [2.05, 4.69) is 55.6 Å². The molecule has 0 saturated carbocycles. The number of ketones is 1. The summed E-state index contributed by atoms with van der Waals surface area (Å²) in [6.07, 6.45) is 1.37. The van der Waals surface area contributed by atoms with Gasteiger partial charge in [0.25, 0.3) is 0 Å². The zero-order valence-corrected chi connectivity index (χ0v) is 18.9. The van der Waals surface area contributed by atoms with Crippen molar-refractivity contribution < 1.29 is 14.3 Å². The first kappa shape index (κ1) is 19.8. The number of nitrogens with one attached hydrogen (secondary N) is 1. The third-order valence-corrected chi connectivity index (χ3v) is 6.97. The van der Waals surface area contributed by atoms with Crippen LogP contribution < -0.4 is 10.1 Å². The predicted molar refractivity (Wildman–Crippen MR) is 127 cm³/mol. The summed E-state index contributed by atoms with van der Waals surface area (Å²) in [6.45, 7) is 5.00. The Morgan fingerprint density at radius 3 is 2.81 bits per heavy atom. The molecular weight excluding hydrogens is 422 g/mol. The molecule has 1 aliphatic carbocycles. The van der Waals surface area contributed by atoms with E-state index in [-0.39, 0.29) is 24.0 Å². The third-order valence-electron chi connectivity index (χ3n) is 6.75. The maximum Gasteiger partial charge on any atom is 0.189 e. The Balaban J connectivity index is 1.64. The van der Waals surface area contributed by atoms with Crippen LogP contribution in [-0.2, 0) is 16.1 Å². The first-order valence-electron chi connectivity index (χ1n) is 11.0. The number of hydrogen-bond donors (Lipinski definition) is 1. The molecule has 1 unspecified atom stereocenters. The fourth-order valence-corrected chi connectivity index (χ4v) is 5.74. The van der Waals surface area contributed by atoms with Crippen LogP contribution in [0.2, 0.25) is 5.02 Å². The van der Waals surface area contributed by atoms with Crippen LogP contribution in [0, 0.1) is 5.41 Å². The highest BCUT2D eigenvalue weighted by Gasteiger charge is 2.42. The van der Waals surface area contributed by atoms with E-state index in [9.17, 15) is 4.79 Å². The molecule has 3 aromatic rings. The first-order valence-corrected chi connectivity index (χ1v) is 11.4. The molecule has 2 aliphatic heterocycles. The van der Waals surface area contributed by atoms with Crippen LogP contribution >= 0.6 is 11.6 Å². The van der Waals surface area contributed by atoms with Crippen LogP contribution in [0.15, 0.2) is 54.1 Å². The molecule has 1 atom stereocenters. The fraction of sp³-hybridized carbons (Fsp3) is 0.296. The molecule has 0 fully saturated rings. The highest BCUT2D eigenvalue weighted by molar-refractivity contribution is 6.30. The monoisotopic (exact) mass is 445 g/mol. The number of anilines is 1. The van der Waals surface area contributed by atoms with Crippen molar-refractivity contribution in [3.8, 4) is 5.75 Å². The molecule has 0 amide bonds. The maximum atomic E-state index is 13.6. The smallest absolute Gasteiger partial charge is 0.189 e. The average molecular weight is 446 g/mol. The first-order chi connectivity index (χ1) is 15.4. The summed E-state index contributed by atoms with van der Waals surface area (Å²) in [6, 6.07) is 16.1. The zero-order valence-electron chi connectivity index (χ0n) is 18.1. The van der Waals surface area contributed by atoms with Crippen molar-refractivity contribution in [2.45, 2.75) is 39.3 Å². The van der Waals surface area contributed by atoms with Gasteiger partial charge < -0.3 is 14.8 Å². The molecule has 4 nitrogen and oxygen atoms in total. The van der Waals surface area contributed by atoms with Crippen molar-refractivity contribution in [2.75, 3.05) is 12.1 Å². The van der Waals surface area contributed by atoms with Crippen molar-refractivity contribution >= 4 is 39.4 Å². The number of carbonyl (C=O) groups is 1. The fourth-order valence-electron chi connectivity index (χ4n) is 5.49. The van der Waals surface area contributed by atoms with E-state index in [1.807, 2.05) is 12.1 Å². The van der Waals surface area contributed by atoms with Gasteiger partial charge in [-0.1, -0.05) is 55.8 Å². The van der Waals surface area contributed by atoms with E-state index >= 15 is 0 Å². The number of carbonyl (C=O) groups excluding carboxylic acids is 1. The predicted octanol–water partition coefficient (Wildman–Crippen LogP) is 6.67. The van der Waals surface area contributed by atoms with Gasteiger partial charge in [-0.15, -0.1) is 0 Å². The molecule has 5 heteroatoms. The largest absolute Gasteiger partial charge is 0.467 e. The summed E-state index contributed by atoms with van der Waals surface area (Å²) in [5, 5.41) is 6.65. The number of benzene rings is 3. The molecule has 32 heavy (non-hydrogen) atoms. The number of halogens is 1. The van der Waals surface area contributed by atoms with Crippen molar-refractivity contribution in [1.82, 2.24) is 0 Å². The molecule has 0 bridgehead atoms. The van der Waals surface area contributed by atoms with Crippen LogP contribution in [0.25, 0.3) is 16.3 Å². The number of ether oxygens (including phenoxy) is 2. The van der Waals surface area contributed by atoms with Gasteiger partial charge in [0.1, 0.15) is 5.75 Å². The standard InChI is InChI=1S/C27H24ClNO3/c1-27(2)11-20-23-18-6-4-3-5-15(18)7-8-21(23)29-25(24(20)22(30)12-27)19-10-17(28)9-16-13-31-14-32-26(16)19/h3-10,25,29H,11-14H2,1-2H3. The molecule has 3 aromatic carbocycles. The molecule has 162 valence electrons. The number of Topliss-reactive ketones (excluding diaryl/α,β-unsaturated/α-hetero) is 1. The van der Waals surface area contributed by atoms with E-state index < -0.39 is 0 Å². The Labute approximate surface area is 192 Å². The van der Waals surface area contributed by atoms with E-state index in [1.54, 1.807) is 0 Å². The summed E-state index contributed by atoms with van der Waals surface area (Å²) >= 11 is 6.50. The van der Waals surface area contributed by atoms with Crippen molar-refractivity contribution in [3.05, 3.63) is 75.8 Å². The Morgan fingerprint density at radius 1 is 1.09 bits per heavy atom. The molecule has 0 saturated heterocycles. The number of fused-ring (bicyclic) bond motifs is 5. The normalized spacial score (nSPS) is 21.3. The van der Waals surface area contributed by atoms with Crippen LogP contribution in [0.5, 0.6) is 5.75 Å². The quantitative estimate of drug-likeness (QED) is 0.454. The number of hydrogen-bond acceptors (Lipinski definition) is 4. The highest BCUT2D eigenvalue weighted by atomic mass is 35.5. The van der Waals surface area contributed by atoms with Crippen LogP contribution in [0.4, 0.5) is 5.69 Å². The SMILES string of the molecule is CC1(C)CC(=O)C2=C(C1)c1c(ccc3ccccc13)NC2c1cc(Cl)cc2c1OCOC2. The van der Waals surface area contributed by atoms with E-state index in [4.69, 9.17) is 21.1 Å². The van der Waals surface area contributed by atoms with Gasteiger partial charge in [0.15, 0.2) is 12.6 Å². The second-order valence-corrected chi connectivity index (χ2v) is 10.2. The van der Waals surface area contributed by atoms with Gasteiger partial charge in [0.05, 0.1) is 12.6 Å². The van der Waals surface area contributed by atoms with Crippen molar-refractivity contribution in [1.29, 1.82) is 0 Å². The Bertz CT molecular complexity index is 1320. The lowest BCUT2D eigenvalue weighted by molar-refractivity contribution is -0.118. The van der Waals surface area contributed by atoms with E-state index in [0.717, 1.165) is 45.7 Å². The minimum absolute atomic E-state index is 0.0931. The van der Waals surface area contributed by atoms with E-state index in [1.165, 1.54) is 10.8 Å². The Morgan fingerprint density at radius 2 is 1.94 bits per heavy atom. The number of allylic oxidation sites excluding steroid dienone is 1. The van der Waals surface area contributed by atoms with Gasteiger partial charge in [0.2, 0.25) is 0 Å². The maximum absolute atomic E-state index is 13.6. The minimum atomic E-state index is -0.312. The number of rotatable bonds is 1. The summed E-state index contributed by atoms with van der Waals surface area (Å²) in [7, 11) is 0. The average Bonchev–Trinajstić information content (AvgIpc) is 2.76. The van der Waals surface area contributed by atoms with Crippen molar-refractivity contribution in [2.24, 2.45) is 5.41 Å². The minimum Gasteiger partial charge on any atom is -0.467 e. The lowest BCUT2D eigenvalue weighted by Gasteiger charge is -2.40. The summed E-state index contributed by atoms with van der Waals surface area (Å²) in [5.41, 5.74) is 5.89. The van der Waals surface area contributed by atoms with Crippen LogP contribution in [0.3, 0.4) is 0 Å². The Hall–Kier alpha value is -2.82. The second-order valence-electron chi connectivity index (χ2n) is 9.71. The summed E-state index contributed by atoms with van der Waals surface area (Å²) in [5.74, 6) is 0.958. The van der Waals surface area contributed by atoms with Gasteiger partial charge in [-0.2, -0.15) is 0 Å². The molecule has 0 radical (unpaired) electrons. The summed E-state index contributed by atoms with van der Waals surface area (Å²) < 4.78 is 11.4. The molecule has 2 heterocycles.